The number of nitrogens with zero attached hydrogens (tertiary/aromatic N) is 3. The van der Waals surface area contributed by atoms with Gasteiger partial charge >= 0.3 is 0 Å². The van der Waals surface area contributed by atoms with Crippen molar-refractivity contribution in [3.05, 3.63) is 65.4 Å². The smallest absolute Gasteiger partial charge is 0.280 e. The molecule has 29 heavy (non-hydrogen) atoms. The summed E-state index contributed by atoms with van der Waals surface area (Å²) in [7, 11) is -3.84. The van der Waals surface area contributed by atoms with Crippen molar-refractivity contribution in [3.63, 3.8) is 0 Å². The van der Waals surface area contributed by atoms with Gasteiger partial charge in [-0.05, 0) is 60.1 Å². The zero-order valence-electron chi connectivity index (χ0n) is 14.6. The summed E-state index contributed by atoms with van der Waals surface area (Å²) in [5.41, 5.74) is 3.07. The number of anilines is 1. The van der Waals surface area contributed by atoms with Crippen LogP contribution in [0.25, 0.3) is 32.5 Å². The van der Waals surface area contributed by atoms with Crippen molar-refractivity contribution < 1.29 is 8.42 Å². The molecule has 0 unspecified atom stereocenters. The maximum Gasteiger partial charge on any atom is 0.280 e. The predicted molar refractivity (Wildman–Crippen MR) is 117 cm³/mol. The highest BCUT2D eigenvalue weighted by atomic mass is 79.9. The van der Waals surface area contributed by atoms with Crippen molar-refractivity contribution in [2.75, 3.05) is 4.72 Å². The standard InChI is InChI=1S/C19H12BrN5O2S2/c20-12-3-6-15-16(9-12)24-18(23-15)11-1-4-13(5-2-11)25-29(26,27)19-14-10-22-28-17(14)7-8-21-19/h1-10,25H,(H,23,24). The molecule has 0 spiro atoms. The molecular weight excluding hydrogens is 474 g/mol. The minimum Gasteiger partial charge on any atom is -0.338 e. The van der Waals surface area contributed by atoms with Crippen LogP contribution in [-0.2, 0) is 10.0 Å². The first-order valence-electron chi connectivity index (χ1n) is 8.47. The van der Waals surface area contributed by atoms with Gasteiger partial charge in [0.2, 0.25) is 0 Å². The lowest BCUT2D eigenvalue weighted by Gasteiger charge is -2.08. The molecule has 144 valence electrons. The van der Waals surface area contributed by atoms with Crippen LogP contribution in [0.15, 0.2) is 70.4 Å². The van der Waals surface area contributed by atoms with Crippen LogP contribution in [0.5, 0.6) is 0 Å². The monoisotopic (exact) mass is 485 g/mol. The molecule has 0 saturated carbocycles. The van der Waals surface area contributed by atoms with Gasteiger partial charge in [-0.25, -0.2) is 9.97 Å². The summed E-state index contributed by atoms with van der Waals surface area (Å²) in [6.45, 7) is 0. The molecule has 10 heteroatoms. The Balaban J connectivity index is 1.44. The number of H-pyrrole nitrogens is 1. The largest absolute Gasteiger partial charge is 0.338 e. The molecular formula is C19H12BrN5O2S2. The summed E-state index contributed by atoms with van der Waals surface area (Å²) in [5.74, 6) is 0.711. The lowest BCUT2D eigenvalue weighted by atomic mass is 10.2. The highest BCUT2D eigenvalue weighted by molar-refractivity contribution is 9.10. The van der Waals surface area contributed by atoms with E-state index in [1.165, 1.54) is 23.9 Å². The molecule has 5 aromatic rings. The number of fused-ring (bicyclic) bond motifs is 2. The zero-order valence-corrected chi connectivity index (χ0v) is 17.8. The Morgan fingerprint density at radius 2 is 1.90 bits per heavy atom. The van der Waals surface area contributed by atoms with Crippen molar-refractivity contribution in [1.29, 1.82) is 0 Å². The topological polar surface area (TPSA) is 101 Å². The molecule has 0 amide bonds. The number of sulfonamides is 1. The van der Waals surface area contributed by atoms with E-state index in [-0.39, 0.29) is 5.03 Å². The molecule has 0 fully saturated rings. The highest BCUT2D eigenvalue weighted by Gasteiger charge is 2.20. The van der Waals surface area contributed by atoms with Crippen LogP contribution in [0.3, 0.4) is 0 Å². The van der Waals surface area contributed by atoms with Gasteiger partial charge in [-0.2, -0.15) is 12.8 Å². The number of pyridine rings is 1. The Morgan fingerprint density at radius 1 is 1.07 bits per heavy atom. The summed E-state index contributed by atoms with van der Waals surface area (Å²) in [6, 6.07) is 14.6. The number of halogens is 1. The molecule has 3 aromatic heterocycles. The van der Waals surface area contributed by atoms with E-state index in [9.17, 15) is 8.42 Å². The first-order valence-corrected chi connectivity index (χ1v) is 11.5. The zero-order chi connectivity index (χ0) is 20.0. The minimum atomic E-state index is -3.84. The van der Waals surface area contributed by atoms with Gasteiger partial charge in [-0.15, -0.1) is 0 Å². The van der Waals surface area contributed by atoms with Crippen molar-refractivity contribution in [1.82, 2.24) is 19.3 Å². The third kappa shape index (κ3) is 3.39. The van der Waals surface area contributed by atoms with Gasteiger partial charge in [-0.1, -0.05) is 15.9 Å². The second-order valence-corrected chi connectivity index (χ2v) is 9.63. The number of benzene rings is 2. The number of nitrogens with one attached hydrogen (secondary N) is 2. The number of hydrogen-bond donors (Lipinski definition) is 2. The quantitative estimate of drug-likeness (QED) is 0.380. The van der Waals surface area contributed by atoms with Gasteiger partial charge in [0.05, 0.1) is 27.3 Å². The summed E-state index contributed by atoms with van der Waals surface area (Å²) in [6.07, 6.45) is 2.99. The second-order valence-electron chi connectivity index (χ2n) is 6.28. The Labute approximate surface area is 178 Å². The molecule has 7 nitrogen and oxygen atoms in total. The van der Waals surface area contributed by atoms with Crippen LogP contribution in [0.2, 0.25) is 0 Å². The SMILES string of the molecule is O=S(=O)(Nc1ccc(-c2nc3ccc(Br)cc3[nH]2)cc1)c1nccc2sncc12. The van der Waals surface area contributed by atoms with E-state index >= 15 is 0 Å². The van der Waals surface area contributed by atoms with Crippen molar-refractivity contribution in [2.45, 2.75) is 5.03 Å². The average molecular weight is 486 g/mol. The van der Waals surface area contributed by atoms with Crippen LogP contribution >= 0.6 is 27.5 Å². The van der Waals surface area contributed by atoms with Crippen molar-refractivity contribution in [3.8, 4) is 11.4 Å². The van der Waals surface area contributed by atoms with Gasteiger partial charge < -0.3 is 4.98 Å². The molecule has 2 N–H and O–H groups in total. The fourth-order valence-electron chi connectivity index (χ4n) is 3.00. The third-order valence-corrected chi connectivity index (χ3v) is 6.95. The summed E-state index contributed by atoms with van der Waals surface area (Å²) in [5, 5.41) is 0.478. The first kappa shape index (κ1) is 18.2. The van der Waals surface area contributed by atoms with Gasteiger partial charge in [-0.3, -0.25) is 4.72 Å². The molecule has 3 heterocycles. The molecule has 0 aliphatic heterocycles. The lowest BCUT2D eigenvalue weighted by Crippen LogP contribution is -2.14. The van der Waals surface area contributed by atoms with Crippen molar-refractivity contribution in [2.24, 2.45) is 0 Å². The molecule has 0 atom stereocenters. The Bertz CT molecular complexity index is 1460. The fraction of sp³-hybridized carbons (Fsp3) is 0. The Morgan fingerprint density at radius 3 is 2.72 bits per heavy atom. The predicted octanol–water partition coefficient (Wildman–Crippen LogP) is 4.80. The number of hydrogen-bond acceptors (Lipinski definition) is 6. The molecule has 0 saturated heterocycles. The maximum absolute atomic E-state index is 12.8. The normalized spacial score (nSPS) is 11.9. The third-order valence-electron chi connectivity index (χ3n) is 4.36. The second kappa shape index (κ2) is 6.90. The van der Waals surface area contributed by atoms with Crippen LogP contribution in [0, 0.1) is 0 Å². The van der Waals surface area contributed by atoms with Crippen LogP contribution < -0.4 is 4.72 Å². The van der Waals surface area contributed by atoms with Gasteiger partial charge in [0.25, 0.3) is 10.0 Å². The molecule has 0 aliphatic carbocycles. The summed E-state index contributed by atoms with van der Waals surface area (Å²) in [4.78, 5) is 11.9. The van der Waals surface area contributed by atoms with E-state index in [1.54, 1.807) is 18.2 Å². The molecule has 2 aromatic carbocycles. The number of rotatable bonds is 4. The lowest BCUT2D eigenvalue weighted by molar-refractivity contribution is 0.599. The summed E-state index contributed by atoms with van der Waals surface area (Å²) >= 11 is 4.68. The van der Waals surface area contributed by atoms with Crippen LogP contribution in [0.4, 0.5) is 5.69 Å². The number of aromatic nitrogens is 4. The van der Waals surface area contributed by atoms with E-state index in [0.717, 1.165) is 25.8 Å². The fourth-order valence-corrected chi connectivity index (χ4v) is 5.27. The van der Waals surface area contributed by atoms with Crippen LogP contribution in [-0.4, -0.2) is 27.7 Å². The summed E-state index contributed by atoms with van der Waals surface area (Å²) < 4.78 is 34.0. The van der Waals surface area contributed by atoms with Gasteiger partial charge in [0.15, 0.2) is 5.03 Å². The van der Waals surface area contributed by atoms with Gasteiger partial charge in [0, 0.05) is 21.9 Å². The van der Waals surface area contributed by atoms with Crippen LogP contribution in [0.1, 0.15) is 0 Å². The van der Waals surface area contributed by atoms with E-state index in [2.05, 4.69) is 40.0 Å². The molecule has 0 bridgehead atoms. The Kier molecular flexibility index (Phi) is 4.34. The van der Waals surface area contributed by atoms with E-state index < -0.39 is 10.0 Å². The number of aromatic amines is 1. The highest BCUT2D eigenvalue weighted by Crippen LogP contribution is 2.27. The molecule has 5 rings (SSSR count). The minimum absolute atomic E-state index is 0.0318. The first-order chi connectivity index (χ1) is 14.0. The molecule has 0 aliphatic rings. The molecule has 0 radical (unpaired) electrons. The van der Waals surface area contributed by atoms with E-state index in [1.807, 2.05) is 30.3 Å². The average Bonchev–Trinajstić information content (AvgIpc) is 3.34. The Hall–Kier alpha value is -2.82. The maximum atomic E-state index is 12.8. The number of imidazole rings is 1. The van der Waals surface area contributed by atoms with E-state index in [4.69, 9.17) is 0 Å². The van der Waals surface area contributed by atoms with Gasteiger partial charge in [0.1, 0.15) is 5.82 Å². The van der Waals surface area contributed by atoms with E-state index in [0.29, 0.717) is 16.9 Å². The van der Waals surface area contributed by atoms with Crippen molar-refractivity contribution >= 4 is 64.3 Å².